The van der Waals surface area contributed by atoms with E-state index < -0.39 is 10.8 Å². The largest absolute Gasteiger partial charge is 0.354 e. The molecule has 0 spiro atoms. The van der Waals surface area contributed by atoms with Gasteiger partial charge in [-0.3, -0.25) is 9.20 Å². The normalized spacial score (nSPS) is 23.1. The highest BCUT2D eigenvalue weighted by atomic mass is 32.2. The van der Waals surface area contributed by atoms with Gasteiger partial charge in [0.05, 0.1) is 6.04 Å². The van der Waals surface area contributed by atoms with Crippen molar-refractivity contribution in [1.29, 1.82) is 0 Å². The smallest absolute Gasteiger partial charge is 0.191 e. The number of rotatable bonds is 7. The Morgan fingerprint density at radius 3 is 2.63 bits per heavy atom. The molecule has 4 atom stereocenters. The molecule has 1 aromatic rings. The van der Waals surface area contributed by atoms with Crippen LogP contribution in [0, 0.1) is 5.82 Å². The van der Waals surface area contributed by atoms with Gasteiger partial charge in [0.2, 0.25) is 0 Å². The average Bonchev–Trinajstić information content (AvgIpc) is 2.67. The number of nitrogens with one attached hydrogen (secondary N) is 2. The summed E-state index contributed by atoms with van der Waals surface area (Å²) in [4.78, 5) is 6.46. The second-order valence-corrected chi connectivity index (χ2v) is 9.29. The van der Waals surface area contributed by atoms with Gasteiger partial charge in [-0.25, -0.2) is 4.39 Å². The first-order valence-electron chi connectivity index (χ1n) is 9.70. The maximum absolute atomic E-state index is 13.2. The number of hydrogen-bond donors (Lipinski definition) is 2. The molecular weight excluding hydrogens is 363 g/mol. The van der Waals surface area contributed by atoms with Gasteiger partial charge in [0, 0.05) is 41.4 Å². The van der Waals surface area contributed by atoms with Crippen LogP contribution in [0.2, 0.25) is 0 Å². The van der Waals surface area contributed by atoms with Crippen molar-refractivity contribution < 1.29 is 8.60 Å². The molecule has 1 saturated carbocycles. The highest BCUT2D eigenvalue weighted by Crippen LogP contribution is 2.23. The molecule has 2 rings (SSSR count). The molecule has 5 nitrogen and oxygen atoms in total. The fourth-order valence-electron chi connectivity index (χ4n) is 3.62. The minimum absolute atomic E-state index is 0.107. The fourth-order valence-corrected chi connectivity index (χ4v) is 4.96. The van der Waals surface area contributed by atoms with E-state index in [1.807, 2.05) is 33.2 Å². The third-order valence-corrected chi connectivity index (χ3v) is 6.93. The zero-order valence-electron chi connectivity index (χ0n) is 16.9. The van der Waals surface area contributed by atoms with E-state index in [4.69, 9.17) is 0 Å². The number of benzene rings is 1. The summed E-state index contributed by atoms with van der Waals surface area (Å²) in [6.07, 6.45) is 4.16. The SMILES string of the molecule is CCS(=O)C1CCCC(NC(=NC)NCC(c2ccc(F)cc2)N(C)C)C1. The van der Waals surface area contributed by atoms with Gasteiger partial charge in [-0.2, -0.15) is 0 Å². The zero-order chi connectivity index (χ0) is 19.8. The summed E-state index contributed by atoms with van der Waals surface area (Å²) < 4.78 is 25.4. The predicted molar refractivity (Wildman–Crippen MR) is 112 cm³/mol. The van der Waals surface area contributed by atoms with Gasteiger partial charge in [-0.1, -0.05) is 25.5 Å². The van der Waals surface area contributed by atoms with Gasteiger partial charge in [0.1, 0.15) is 5.82 Å². The van der Waals surface area contributed by atoms with Crippen LogP contribution in [0.1, 0.15) is 44.2 Å². The van der Waals surface area contributed by atoms with Gasteiger partial charge in [0.25, 0.3) is 0 Å². The number of nitrogens with zero attached hydrogens (tertiary/aromatic N) is 2. The van der Waals surface area contributed by atoms with E-state index >= 15 is 0 Å². The van der Waals surface area contributed by atoms with Crippen molar-refractivity contribution in [2.45, 2.75) is 49.9 Å². The maximum atomic E-state index is 13.2. The van der Waals surface area contributed by atoms with Crippen LogP contribution >= 0.6 is 0 Å². The minimum Gasteiger partial charge on any atom is -0.354 e. The monoisotopic (exact) mass is 396 g/mol. The highest BCUT2D eigenvalue weighted by molar-refractivity contribution is 7.85. The molecular formula is C20H33FN4OS. The first-order valence-corrected chi connectivity index (χ1v) is 11.1. The molecule has 1 aliphatic rings. The summed E-state index contributed by atoms with van der Waals surface area (Å²) in [5.41, 5.74) is 1.06. The Balaban J connectivity index is 1.93. The van der Waals surface area contributed by atoms with Crippen LogP contribution in [-0.2, 0) is 10.8 Å². The average molecular weight is 397 g/mol. The molecule has 0 saturated heterocycles. The van der Waals surface area contributed by atoms with Gasteiger partial charge < -0.3 is 15.5 Å². The Kier molecular flexibility index (Phi) is 8.70. The van der Waals surface area contributed by atoms with E-state index in [-0.39, 0.29) is 17.1 Å². The zero-order valence-corrected chi connectivity index (χ0v) is 17.7. The van der Waals surface area contributed by atoms with Crippen molar-refractivity contribution in [1.82, 2.24) is 15.5 Å². The van der Waals surface area contributed by atoms with Gasteiger partial charge in [0.15, 0.2) is 5.96 Å². The van der Waals surface area contributed by atoms with Crippen molar-refractivity contribution in [3.8, 4) is 0 Å². The Bertz CT molecular complexity index is 635. The van der Waals surface area contributed by atoms with E-state index in [9.17, 15) is 8.60 Å². The van der Waals surface area contributed by atoms with Crippen LogP contribution in [0.15, 0.2) is 29.3 Å². The van der Waals surface area contributed by atoms with Crippen LogP contribution in [0.25, 0.3) is 0 Å². The number of halogens is 1. The molecule has 1 aromatic carbocycles. The molecule has 4 unspecified atom stereocenters. The lowest BCUT2D eigenvalue weighted by Crippen LogP contribution is -2.48. The number of guanidine groups is 1. The van der Waals surface area contributed by atoms with Crippen molar-refractivity contribution in [3.63, 3.8) is 0 Å². The lowest BCUT2D eigenvalue weighted by Gasteiger charge is -2.31. The quantitative estimate of drug-likeness (QED) is 0.550. The van der Waals surface area contributed by atoms with Crippen molar-refractivity contribution in [2.24, 2.45) is 4.99 Å². The van der Waals surface area contributed by atoms with E-state index in [1.165, 1.54) is 12.1 Å². The molecule has 7 heteroatoms. The summed E-state index contributed by atoms with van der Waals surface area (Å²) >= 11 is 0. The summed E-state index contributed by atoms with van der Waals surface area (Å²) in [6, 6.07) is 7.04. The topological polar surface area (TPSA) is 56.7 Å². The maximum Gasteiger partial charge on any atom is 0.191 e. The second kappa shape index (κ2) is 10.8. The number of likely N-dealkylation sites (N-methyl/N-ethyl adjacent to an activating group) is 1. The second-order valence-electron chi connectivity index (χ2n) is 7.28. The standard InChI is InChI=1S/C20H33FN4OS/c1-5-27(26)18-8-6-7-17(13-18)24-20(22-2)23-14-19(25(3)4)15-9-11-16(21)12-10-15/h9-12,17-19H,5-8,13-14H2,1-4H3,(H2,22,23,24). The first-order chi connectivity index (χ1) is 12.9. The minimum atomic E-state index is -0.733. The van der Waals surface area contributed by atoms with Crippen LogP contribution in [0.4, 0.5) is 4.39 Å². The lowest BCUT2D eigenvalue weighted by atomic mass is 9.95. The van der Waals surface area contributed by atoms with Crippen molar-refractivity contribution >= 4 is 16.8 Å². The van der Waals surface area contributed by atoms with Crippen LogP contribution < -0.4 is 10.6 Å². The molecule has 0 amide bonds. The van der Waals surface area contributed by atoms with E-state index in [0.29, 0.717) is 12.6 Å². The Labute approximate surface area is 165 Å². The van der Waals surface area contributed by atoms with Crippen LogP contribution in [-0.4, -0.2) is 59.8 Å². The predicted octanol–water partition coefficient (Wildman–Crippen LogP) is 2.67. The summed E-state index contributed by atoms with van der Waals surface area (Å²) in [7, 11) is 5.06. The van der Waals surface area contributed by atoms with Gasteiger partial charge in [-0.05, 0) is 51.1 Å². The van der Waals surface area contributed by atoms with Crippen molar-refractivity contribution in [3.05, 3.63) is 35.6 Å². The molecule has 152 valence electrons. The van der Waals surface area contributed by atoms with Gasteiger partial charge >= 0.3 is 0 Å². The van der Waals surface area contributed by atoms with Crippen molar-refractivity contribution in [2.75, 3.05) is 33.4 Å². The molecule has 0 aliphatic heterocycles. The highest BCUT2D eigenvalue weighted by Gasteiger charge is 2.26. The molecule has 2 N–H and O–H groups in total. The van der Waals surface area contributed by atoms with Crippen LogP contribution in [0.3, 0.4) is 0 Å². The summed E-state index contributed by atoms with van der Waals surface area (Å²) in [5, 5.41) is 7.18. The number of hydrogen-bond acceptors (Lipinski definition) is 3. The molecule has 1 fully saturated rings. The molecule has 27 heavy (non-hydrogen) atoms. The van der Waals surface area contributed by atoms with Crippen LogP contribution in [0.5, 0.6) is 0 Å². The van der Waals surface area contributed by atoms with Gasteiger partial charge in [-0.15, -0.1) is 0 Å². The molecule has 1 aliphatic carbocycles. The molecule has 0 aromatic heterocycles. The Morgan fingerprint density at radius 1 is 1.33 bits per heavy atom. The summed E-state index contributed by atoms with van der Waals surface area (Å²) in [6.45, 7) is 2.65. The van der Waals surface area contributed by atoms with E-state index in [2.05, 4.69) is 20.5 Å². The Hall–Kier alpha value is -1.47. The van der Waals surface area contributed by atoms with E-state index in [0.717, 1.165) is 43.0 Å². The number of aliphatic imine (C=N–C) groups is 1. The summed E-state index contributed by atoms with van der Waals surface area (Å²) in [5.74, 6) is 1.27. The molecule has 0 bridgehead atoms. The third kappa shape index (κ3) is 6.57. The third-order valence-electron chi connectivity index (χ3n) is 5.19. The fraction of sp³-hybridized carbons (Fsp3) is 0.650. The first kappa shape index (κ1) is 21.8. The lowest BCUT2D eigenvalue weighted by molar-refractivity contribution is 0.297. The molecule has 0 heterocycles. The van der Waals surface area contributed by atoms with E-state index in [1.54, 1.807) is 7.05 Å². The Morgan fingerprint density at radius 2 is 2.04 bits per heavy atom. The molecule has 0 radical (unpaired) electrons.